The van der Waals surface area contributed by atoms with E-state index in [1.54, 1.807) is 22.8 Å². The average molecular weight is 279 g/mol. The Balaban J connectivity index is 2.38. The highest BCUT2D eigenvalue weighted by atomic mass is 35.5. The second-order valence-corrected chi connectivity index (χ2v) is 4.67. The molecule has 0 spiro atoms. The van der Waals surface area contributed by atoms with Crippen LogP contribution in [-0.4, -0.2) is 9.55 Å². The quantitative estimate of drug-likeness (QED) is 0.651. The molecule has 0 radical (unpaired) electrons. The van der Waals surface area contributed by atoms with Crippen LogP contribution in [-0.2, 0) is 0 Å². The maximum Gasteiger partial charge on any atom is 0.182 e. The molecule has 0 aliphatic heterocycles. The third-order valence-corrected chi connectivity index (χ3v) is 3.33. The standard InChI is InChI=1S/C13H8ClFN2S/c14-10-2-1-3-11-12(10)17(13(18)16-11)9-6-4-8(15)5-7-9/h1-7H,(H,16,18). The molecule has 3 aromatic rings. The van der Waals surface area contributed by atoms with E-state index in [1.807, 2.05) is 12.1 Å². The van der Waals surface area contributed by atoms with E-state index >= 15 is 0 Å². The molecule has 0 saturated heterocycles. The molecule has 18 heavy (non-hydrogen) atoms. The first-order valence-corrected chi connectivity index (χ1v) is 6.10. The lowest BCUT2D eigenvalue weighted by Gasteiger charge is -2.05. The fourth-order valence-corrected chi connectivity index (χ4v) is 2.52. The molecule has 90 valence electrons. The predicted molar refractivity (Wildman–Crippen MR) is 73.4 cm³/mol. The highest BCUT2D eigenvalue weighted by Gasteiger charge is 2.09. The molecule has 0 aliphatic carbocycles. The van der Waals surface area contributed by atoms with Crippen molar-refractivity contribution in [2.75, 3.05) is 0 Å². The highest BCUT2D eigenvalue weighted by Crippen LogP contribution is 2.26. The predicted octanol–water partition coefficient (Wildman–Crippen LogP) is 4.48. The van der Waals surface area contributed by atoms with Gasteiger partial charge < -0.3 is 4.98 Å². The van der Waals surface area contributed by atoms with Crippen molar-refractivity contribution in [3.8, 4) is 5.69 Å². The zero-order valence-corrected chi connectivity index (χ0v) is 10.7. The second-order valence-electron chi connectivity index (χ2n) is 3.88. The Bertz CT molecular complexity index is 774. The van der Waals surface area contributed by atoms with Gasteiger partial charge in [0.1, 0.15) is 5.82 Å². The Morgan fingerprint density at radius 1 is 1.11 bits per heavy atom. The lowest BCUT2D eigenvalue weighted by Crippen LogP contribution is -1.94. The van der Waals surface area contributed by atoms with Gasteiger partial charge in [-0.1, -0.05) is 17.7 Å². The number of hydrogen-bond acceptors (Lipinski definition) is 1. The molecule has 3 rings (SSSR count). The Morgan fingerprint density at radius 3 is 2.56 bits per heavy atom. The number of nitrogens with one attached hydrogen (secondary N) is 1. The van der Waals surface area contributed by atoms with Gasteiger partial charge in [0.2, 0.25) is 0 Å². The number of H-pyrrole nitrogens is 1. The molecular weight excluding hydrogens is 271 g/mol. The van der Waals surface area contributed by atoms with E-state index in [0.29, 0.717) is 9.79 Å². The van der Waals surface area contributed by atoms with Crippen molar-refractivity contribution in [3.63, 3.8) is 0 Å². The van der Waals surface area contributed by atoms with Crippen molar-refractivity contribution >= 4 is 34.9 Å². The summed E-state index contributed by atoms with van der Waals surface area (Å²) in [6.45, 7) is 0. The minimum atomic E-state index is -0.281. The van der Waals surface area contributed by atoms with Crippen LogP contribution in [0.1, 0.15) is 0 Å². The molecule has 1 N–H and O–H groups in total. The summed E-state index contributed by atoms with van der Waals surface area (Å²) in [4.78, 5) is 3.08. The van der Waals surface area contributed by atoms with E-state index in [-0.39, 0.29) is 5.82 Å². The second kappa shape index (κ2) is 4.23. The van der Waals surface area contributed by atoms with Gasteiger partial charge in [0.05, 0.1) is 16.1 Å². The average Bonchev–Trinajstić information content (AvgIpc) is 2.68. The summed E-state index contributed by atoms with van der Waals surface area (Å²) in [6.07, 6.45) is 0. The monoisotopic (exact) mass is 278 g/mol. The van der Waals surface area contributed by atoms with Crippen LogP contribution >= 0.6 is 23.8 Å². The van der Waals surface area contributed by atoms with Crippen LogP contribution in [0.25, 0.3) is 16.7 Å². The number of halogens is 2. The maximum atomic E-state index is 13.0. The molecule has 0 bridgehead atoms. The Labute approximate surface area is 113 Å². The number of hydrogen-bond donors (Lipinski definition) is 1. The lowest BCUT2D eigenvalue weighted by molar-refractivity contribution is 0.627. The molecule has 0 saturated carbocycles. The molecule has 5 heteroatoms. The van der Waals surface area contributed by atoms with Crippen LogP contribution in [0.3, 0.4) is 0 Å². The summed E-state index contributed by atoms with van der Waals surface area (Å²) in [6, 6.07) is 11.7. The third kappa shape index (κ3) is 1.74. The largest absolute Gasteiger partial charge is 0.330 e. The van der Waals surface area contributed by atoms with Gasteiger partial charge in [0.15, 0.2) is 4.77 Å². The van der Waals surface area contributed by atoms with Gasteiger partial charge in [-0.25, -0.2) is 4.39 Å². The van der Waals surface area contributed by atoms with E-state index in [1.165, 1.54) is 12.1 Å². The third-order valence-electron chi connectivity index (χ3n) is 2.74. The van der Waals surface area contributed by atoms with Crippen LogP contribution in [0.2, 0.25) is 5.02 Å². The van der Waals surface area contributed by atoms with Crippen LogP contribution in [0.15, 0.2) is 42.5 Å². The molecular formula is C13H8ClFN2S. The Kier molecular flexibility index (Phi) is 2.69. The van der Waals surface area contributed by atoms with Gasteiger partial charge in [0.25, 0.3) is 0 Å². The van der Waals surface area contributed by atoms with E-state index in [0.717, 1.165) is 16.7 Å². The van der Waals surface area contributed by atoms with Crippen molar-refractivity contribution < 1.29 is 4.39 Å². The number of imidazole rings is 1. The zero-order valence-electron chi connectivity index (χ0n) is 9.15. The van der Waals surface area contributed by atoms with Gasteiger partial charge in [-0.2, -0.15) is 0 Å². The van der Waals surface area contributed by atoms with E-state index in [9.17, 15) is 4.39 Å². The highest BCUT2D eigenvalue weighted by molar-refractivity contribution is 7.71. The van der Waals surface area contributed by atoms with Crippen molar-refractivity contribution in [2.24, 2.45) is 0 Å². The van der Waals surface area contributed by atoms with Crippen LogP contribution < -0.4 is 0 Å². The number of benzene rings is 2. The number of rotatable bonds is 1. The van der Waals surface area contributed by atoms with Gasteiger partial charge in [0, 0.05) is 5.69 Å². The molecule has 1 aromatic heterocycles. The van der Waals surface area contributed by atoms with Crippen molar-refractivity contribution in [1.82, 2.24) is 9.55 Å². The zero-order chi connectivity index (χ0) is 12.7. The van der Waals surface area contributed by atoms with E-state index in [4.69, 9.17) is 23.8 Å². The maximum absolute atomic E-state index is 13.0. The van der Waals surface area contributed by atoms with E-state index < -0.39 is 0 Å². The molecule has 2 nitrogen and oxygen atoms in total. The summed E-state index contributed by atoms with van der Waals surface area (Å²) in [5, 5.41) is 0.601. The molecule has 2 aromatic carbocycles. The molecule has 1 heterocycles. The van der Waals surface area contributed by atoms with E-state index in [2.05, 4.69) is 4.98 Å². The van der Waals surface area contributed by atoms with Crippen molar-refractivity contribution in [2.45, 2.75) is 0 Å². The summed E-state index contributed by atoms with van der Waals surface area (Å²) in [7, 11) is 0. The molecule has 0 aliphatic rings. The number of para-hydroxylation sites is 1. The minimum Gasteiger partial charge on any atom is -0.330 e. The van der Waals surface area contributed by atoms with Crippen molar-refractivity contribution in [1.29, 1.82) is 0 Å². The fraction of sp³-hybridized carbons (Fsp3) is 0. The summed E-state index contributed by atoms with van der Waals surface area (Å²) < 4.78 is 15.3. The topological polar surface area (TPSA) is 20.7 Å². The van der Waals surface area contributed by atoms with Crippen LogP contribution in [0, 0.1) is 10.6 Å². The van der Waals surface area contributed by atoms with Gasteiger partial charge in [-0.15, -0.1) is 0 Å². The number of nitrogens with zero attached hydrogens (tertiary/aromatic N) is 1. The minimum absolute atomic E-state index is 0.281. The number of aromatic nitrogens is 2. The van der Waals surface area contributed by atoms with Crippen molar-refractivity contribution in [3.05, 3.63) is 58.1 Å². The molecule has 0 fully saturated rings. The molecule has 0 atom stereocenters. The van der Waals surface area contributed by atoms with Gasteiger partial charge in [-0.3, -0.25) is 4.57 Å². The summed E-state index contributed by atoms with van der Waals surface area (Å²) in [5.74, 6) is -0.281. The molecule has 0 amide bonds. The Morgan fingerprint density at radius 2 is 1.83 bits per heavy atom. The SMILES string of the molecule is Fc1ccc(-n2c(=S)[nH]c3cccc(Cl)c32)cc1. The first kappa shape index (κ1) is 11.4. The summed E-state index contributed by atoms with van der Waals surface area (Å²) in [5.41, 5.74) is 2.44. The molecule has 0 unspecified atom stereocenters. The van der Waals surface area contributed by atoms with Crippen LogP contribution in [0.4, 0.5) is 4.39 Å². The van der Waals surface area contributed by atoms with Crippen LogP contribution in [0.5, 0.6) is 0 Å². The summed E-state index contributed by atoms with van der Waals surface area (Å²) >= 11 is 11.5. The first-order chi connectivity index (χ1) is 8.66. The Hall–Kier alpha value is -1.65. The fourth-order valence-electron chi connectivity index (χ4n) is 1.95. The normalized spacial score (nSPS) is 11.0. The smallest absolute Gasteiger partial charge is 0.182 e. The number of aromatic amines is 1. The van der Waals surface area contributed by atoms with Gasteiger partial charge >= 0.3 is 0 Å². The van der Waals surface area contributed by atoms with Gasteiger partial charge in [-0.05, 0) is 48.6 Å². The lowest BCUT2D eigenvalue weighted by atomic mass is 10.2. The first-order valence-electron chi connectivity index (χ1n) is 5.32. The number of fused-ring (bicyclic) bond motifs is 1.